The summed E-state index contributed by atoms with van der Waals surface area (Å²) in [6.07, 6.45) is 22.5. The summed E-state index contributed by atoms with van der Waals surface area (Å²) in [5.74, 6) is -0.0563. The Hall–Kier alpha value is -3.12. The van der Waals surface area contributed by atoms with Gasteiger partial charge in [0.2, 0.25) is 0 Å². The average Bonchev–Trinajstić information content (AvgIpc) is 3.42. The lowest BCUT2D eigenvalue weighted by Gasteiger charge is -2.22. The van der Waals surface area contributed by atoms with Crippen LogP contribution in [0.4, 0.5) is 0 Å². The van der Waals surface area contributed by atoms with E-state index in [1.165, 1.54) is 81.8 Å². The Balaban J connectivity index is 1.48. The van der Waals surface area contributed by atoms with Gasteiger partial charge in [-0.1, -0.05) is 132 Å². The zero-order chi connectivity index (χ0) is 35.2. The molecule has 3 aromatic carbocycles. The van der Waals surface area contributed by atoms with Crippen molar-refractivity contribution in [2.24, 2.45) is 5.92 Å². The summed E-state index contributed by atoms with van der Waals surface area (Å²) in [5, 5.41) is 12.0. The first-order valence-corrected chi connectivity index (χ1v) is 21.1. The van der Waals surface area contributed by atoms with Gasteiger partial charge >= 0.3 is 13.6 Å². The summed E-state index contributed by atoms with van der Waals surface area (Å²) in [6.45, 7) is 0.624. The molecule has 8 heteroatoms. The predicted molar refractivity (Wildman–Crippen MR) is 205 cm³/mol. The second-order valence-electron chi connectivity index (χ2n) is 14.5. The fourth-order valence-electron chi connectivity index (χ4n) is 7.97. The molecule has 0 unspecified atom stereocenters. The summed E-state index contributed by atoms with van der Waals surface area (Å²) < 4.78 is 20.2. The summed E-state index contributed by atoms with van der Waals surface area (Å²) in [7, 11) is -4.26. The van der Waals surface area contributed by atoms with Crippen molar-refractivity contribution in [2.45, 2.75) is 129 Å². The van der Waals surface area contributed by atoms with E-state index in [2.05, 4.69) is 41.0 Å². The summed E-state index contributed by atoms with van der Waals surface area (Å²) >= 11 is 0. The van der Waals surface area contributed by atoms with Crippen molar-refractivity contribution in [3.8, 4) is 5.75 Å². The van der Waals surface area contributed by atoms with Crippen molar-refractivity contribution in [1.82, 2.24) is 4.57 Å². The van der Waals surface area contributed by atoms with Gasteiger partial charge in [0, 0.05) is 17.3 Å². The molecule has 5 rings (SSSR count). The van der Waals surface area contributed by atoms with Gasteiger partial charge in [-0.15, -0.1) is 0 Å². The van der Waals surface area contributed by atoms with E-state index in [1.54, 1.807) is 12.1 Å². The first-order chi connectivity index (χ1) is 24.3. The zero-order valence-electron chi connectivity index (χ0n) is 29.9. The van der Waals surface area contributed by atoms with E-state index >= 15 is 0 Å². The molecule has 3 N–H and O–H groups in total. The lowest BCUT2D eigenvalue weighted by atomic mass is 9.93. The SMILES string of the molecule is O=C(O)c1ccc(OCCP(=O)(O)O)c2c1c1cccc(CCCCCCc3ccccc3)c1n2CC1CCCCCCCCCCCCC1. The smallest absolute Gasteiger partial charge is 0.336 e. The minimum atomic E-state index is -4.26. The van der Waals surface area contributed by atoms with Crippen molar-refractivity contribution in [1.29, 1.82) is 0 Å². The van der Waals surface area contributed by atoms with Crippen LogP contribution in [0.15, 0.2) is 60.7 Å². The van der Waals surface area contributed by atoms with E-state index in [4.69, 9.17) is 4.74 Å². The first-order valence-electron chi connectivity index (χ1n) is 19.3. The van der Waals surface area contributed by atoms with Crippen LogP contribution in [0.3, 0.4) is 0 Å². The molecule has 0 atom stereocenters. The van der Waals surface area contributed by atoms with Crippen LogP contribution in [0.1, 0.15) is 131 Å². The third-order valence-electron chi connectivity index (χ3n) is 10.6. The molecule has 0 aliphatic heterocycles. The van der Waals surface area contributed by atoms with Crippen molar-refractivity contribution < 1.29 is 29.0 Å². The number of benzene rings is 3. The van der Waals surface area contributed by atoms with Crippen LogP contribution in [-0.2, 0) is 24.0 Å². The molecule has 0 spiro atoms. The Morgan fingerprint density at radius 1 is 0.720 bits per heavy atom. The number of nitrogens with zero attached hydrogens (tertiary/aromatic N) is 1. The second-order valence-corrected chi connectivity index (χ2v) is 16.3. The number of rotatable bonds is 14. The largest absolute Gasteiger partial charge is 0.491 e. The standard InChI is InChI=1S/C42H58NO6P/c44-42(45)37-28-29-38(49-30-31-50(46,47)48)41-39(37)36-27-19-26-35(25-18-11-10-13-20-33-21-16-12-17-22-33)40(36)43(41)32-34-23-14-8-6-4-2-1-3-5-7-9-15-24-34/h12,16-17,19,21-22,26-29,34H,1-11,13-15,18,20,23-25,30-32H2,(H,44,45)(H2,46,47,48). The number of aromatic carboxylic acids is 1. The molecule has 1 aliphatic rings. The number of aromatic nitrogens is 1. The molecular weight excluding hydrogens is 645 g/mol. The van der Waals surface area contributed by atoms with Crippen LogP contribution >= 0.6 is 7.60 Å². The van der Waals surface area contributed by atoms with E-state index in [-0.39, 0.29) is 12.2 Å². The average molecular weight is 704 g/mol. The number of ether oxygens (including phenoxy) is 1. The minimum absolute atomic E-state index is 0.146. The quantitative estimate of drug-likeness (QED) is 0.0891. The van der Waals surface area contributed by atoms with E-state index in [1.807, 2.05) is 12.1 Å². The maximum absolute atomic E-state index is 12.7. The molecule has 272 valence electrons. The number of fused-ring (bicyclic) bond motifs is 3. The highest BCUT2D eigenvalue weighted by molar-refractivity contribution is 7.51. The second kappa shape index (κ2) is 19.5. The van der Waals surface area contributed by atoms with Crippen molar-refractivity contribution >= 4 is 35.4 Å². The highest BCUT2D eigenvalue weighted by atomic mass is 31.2. The monoisotopic (exact) mass is 703 g/mol. The number of carboxylic acids is 1. The first kappa shape index (κ1) is 38.1. The molecule has 1 aliphatic carbocycles. The zero-order valence-corrected chi connectivity index (χ0v) is 30.8. The van der Waals surface area contributed by atoms with Crippen molar-refractivity contribution in [3.05, 3.63) is 77.4 Å². The fraction of sp³-hybridized carbons (Fsp3) is 0.548. The highest BCUT2D eigenvalue weighted by Crippen LogP contribution is 2.41. The Kier molecular flexibility index (Phi) is 14.8. The van der Waals surface area contributed by atoms with E-state index in [0.29, 0.717) is 17.1 Å². The number of carbonyl (C=O) groups is 1. The molecule has 1 fully saturated rings. The van der Waals surface area contributed by atoms with Crippen LogP contribution in [0.5, 0.6) is 5.75 Å². The van der Waals surface area contributed by atoms with E-state index in [9.17, 15) is 24.3 Å². The summed E-state index contributed by atoms with van der Waals surface area (Å²) in [5.41, 5.74) is 4.66. The van der Waals surface area contributed by atoms with E-state index in [0.717, 1.165) is 74.3 Å². The summed E-state index contributed by atoms with van der Waals surface area (Å²) in [4.78, 5) is 31.8. The maximum atomic E-state index is 12.7. The lowest BCUT2D eigenvalue weighted by molar-refractivity contribution is 0.0699. The topological polar surface area (TPSA) is 109 Å². The number of hydrogen-bond donors (Lipinski definition) is 3. The van der Waals surface area contributed by atoms with Crippen molar-refractivity contribution in [2.75, 3.05) is 12.8 Å². The molecule has 0 amide bonds. The third kappa shape index (κ3) is 11.2. The van der Waals surface area contributed by atoms with Crippen LogP contribution in [0, 0.1) is 5.92 Å². The Morgan fingerprint density at radius 3 is 1.96 bits per heavy atom. The van der Waals surface area contributed by atoms with Gasteiger partial charge in [-0.2, -0.15) is 0 Å². The maximum Gasteiger partial charge on any atom is 0.336 e. The molecule has 50 heavy (non-hydrogen) atoms. The Bertz CT molecular complexity index is 1680. The highest BCUT2D eigenvalue weighted by Gasteiger charge is 2.25. The van der Waals surface area contributed by atoms with Gasteiger partial charge in [-0.05, 0) is 67.7 Å². The lowest BCUT2D eigenvalue weighted by Crippen LogP contribution is -2.13. The van der Waals surface area contributed by atoms with Gasteiger partial charge in [0.15, 0.2) is 0 Å². The van der Waals surface area contributed by atoms with Gasteiger partial charge in [-0.25, -0.2) is 4.79 Å². The van der Waals surface area contributed by atoms with Gasteiger partial charge < -0.3 is 24.2 Å². The summed E-state index contributed by atoms with van der Waals surface area (Å²) in [6, 6.07) is 20.2. The molecule has 1 aromatic heterocycles. The molecule has 0 saturated heterocycles. The number of para-hydroxylation sites is 1. The third-order valence-corrected chi connectivity index (χ3v) is 11.4. The normalized spacial score (nSPS) is 16.0. The molecule has 0 bridgehead atoms. The number of carboxylic acid groups (broad SMARTS) is 1. The van der Waals surface area contributed by atoms with Gasteiger partial charge in [0.25, 0.3) is 0 Å². The van der Waals surface area contributed by atoms with E-state index < -0.39 is 19.7 Å². The predicted octanol–water partition coefficient (Wildman–Crippen LogP) is 11.1. The molecule has 0 radical (unpaired) electrons. The van der Waals surface area contributed by atoms with Crippen LogP contribution in [-0.4, -0.2) is 38.2 Å². The van der Waals surface area contributed by atoms with Gasteiger partial charge in [0.1, 0.15) is 5.75 Å². The van der Waals surface area contributed by atoms with Crippen LogP contribution in [0.2, 0.25) is 0 Å². The Morgan fingerprint density at radius 2 is 1.34 bits per heavy atom. The molecule has 4 aromatic rings. The minimum Gasteiger partial charge on any atom is -0.491 e. The number of aryl methyl sites for hydroxylation is 2. The van der Waals surface area contributed by atoms with Gasteiger partial charge in [-0.3, -0.25) is 4.57 Å². The Labute approximate surface area is 298 Å². The molecule has 1 saturated carbocycles. The van der Waals surface area contributed by atoms with Crippen molar-refractivity contribution in [3.63, 3.8) is 0 Å². The fourth-order valence-corrected chi connectivity index (χ4v) is 8.30. The number of unbranched alkanes of at least 4 members (excludes halogenated alkanes) is 3. The molecule has 1 heterocycles. The van der Waals surface area contributed by atoms with Gasteiger partial charge in [0.05, 0.1) is 29.4 Å². The molecular formula is C42H58NO6P. The molecule has 7 nitrogen and oxygen atoms in total. The van der Waals surface area contributed by atoms with Crippen LogP contribution < -0.4 is 4.74 Å². The van der Waals surface area contributed by atoms with Crippen LogP contribution in [0.25, 0.3) is 21.8 Å². The number of hydrogen-bond acceptors (Lipinski definition) is 3.